The second kappa shape index (κ2) is 41.0. The molecule has 0 bridgehead atoms. The average Bonchev–Trinajstić information content (AvgIpc) is 2.46. The summed E-state index contributed by atoms with van der Waals surface area (Å²) in [4.78, 5) is 108. The maximum Gasteiger partial charge on any atom is 0.373 e. The minimum atomic E-state index is -0.726. The third-order valence-electron chi connectivity index (χ3n) is 11.5. The van der Waals surface area contributed by atoms with Gasteiger partial charge in [-0.15, -0.1) is 0 Å². The number of aryl methyl sites for hydroxylation is 2. The fourth-order valence-corrected chi connectivity index (χ4v) is 7.46. The van der Waals surface area contributed by atoms with Crippen LogP contribution in [0.2, 0.25) is 0 Å². The SMILES string of the molecule is C.C.CCc1cc[nH]c(=O)c1O.CCc1ccn(COC)c(=O)c1OCOC.COCOc1c(C(=O)c2ccc(Cc3ccc(F)cc3)o2)ccn(COC)c1=O.COCn1ccc(C(=O)c2ccc(Cc3ccc(F)cc3)o2)c(O)c1=O.O=C=O.O=C=O. The Morgan fingerprint density at radius 1 is 0.506 bits per heavy atom. The molecule has 8 rings (SSSR count). The molecule has 0 amide bonds. The zero-order chi connectivity index (χ0) is 64.4. The normalized spacial score (nSPS) is 9.85. The van der Waals surface area contributed by atoms with Gasteiger partial charge in [-0.2, -0.15) is 19.2 Å². The molecule has 478 valence electrons. The molecule has 0 aliphatic heterocycles. The number of H-pyrrole nitrogens is 1. The number of hydrogen-bond donors (Lipinski definition) is 3. The van der Waals surface area contributed by atoms with Crippen molar-refractivity contribution < 1.29 is 89.8 Å². The Kier molecular flexibility index (Phi) is 35.3. The first-order valence-corrected chi connectivity index (χ1v) is 25.6. The van der Waals surface area contributed by atoms with Gasteiger partial charge in [0, 0.05) is 84.3 Å². The van der Waals surface area contributed by atoms with Crippen LogP contribution in [0.4, 0.5) is 8.78 Å². The van der Waals surface area contributed by atoms with E-state index in [-0.39, 0.29) is 112 Å². The smallest absolute Gasteiger partial charge is 0.373 e. The largest absolute Gasteiger partial charge is 0.503 e. The molecule has 0 saturated heterocycles. The molecule has 8 aromatic rings. The van der Waals surface area contributed by atoms with E-state index >= 15 is 0 Å². The summed E-state index contributed by atoms with van der Waals surface area (Å²) in [6, 6.07) is 24.6. The topological polar surface area (TPSA) is 333 Å². The van der Waals surface area contributed by atoms with Crippen molar-refractivity contribution in [2.24, 2.45) is 0 Å². The molecule has 27 heteroatoms. The quantitative estimate of drug-likeness (QED) is 0.0438. The van der Waals surface area contributed by atoms with Crippen LogP contribution in [0.3, 0.4) is 0 Å². The molecule has 0 atom stereocenters. The maximum absolute atomic E-state index is 13.0. The summed E-state index contributed by atoms with van der Waals surface area (Å²) in [7, 11) is 7.32. The highest BCUT2D eigenvalue weighted by atomic mass is 19.1. The molecular formula is C62H70F2N4O21. The van der Waals surface area contributed by atoms with Gasteiger partial charge in [0.2, 0.25) is 11.6 Å². The molecular weight excluding hydrogens is 1170 g/mol. The van der Waals surface area contributed by atoms with Crippen molar-refractivity contribution >= 4 is 23.9 Å². The van der Waals surface area contributed by atoms with Crippen LogP contribution in [0.15, 0.2) is 150 Å². The van der Waals surface area contributed by atoms with E-state index < -0.39 is 34.0 Å². The Hall–Kier alpha value is -10.2. The Labute approximate surface area is 508 Å². The van der Waals surface area contributed by atoms with Crippen molar-refractivity contribution in [2.45, 2.75) is 74.6 Å². The standard InChI is InChI=1S/C21H20FNO6.C19H16FNO5.C11H17NO4.C7H9NO2.2CO2.2CH4/c1-26-12-23-10-9-17(20(21(23)25)28-13-27-2)19(24)18-8-7-16(29-18)11-14-3-5-15(22)6-4-14;1-25-11-21-9-8-15(18(23)19(21)24)17(22)16-7-6-14(26-16)10-12-2-4-13(20)5-3-12;1-4-9-5-6-12(7-14-2)11(13)10(9)16-8-15-3;1-2-5-3-4-8-7(10)6(5)9;2*2-1-3;;/h3-10H,11-13H2,1-2H3;2-9,23H,10-11H2,1H3;5-6H,4,7-8H2,1-3H3;3-4,9H,2H2,1H3,(H,8,10);;;2*1H4. The first-order valence-electron chi connectivity index (χ1n) is 25.6. The molecule has 6 heterocycles. The van der Waals surface area contributed by atoms with Gasteiger partial charge in [-0.3, -0.25) is 42.5 Å². The van der Waals surface area contributed by atoms with Gasteiger partial charge in [-0.1, -0.05) is 53.0 Å². The first-order chi connectivity index (χ1) is 41.8. The van der Waals surface area contributed by atoms with Crippen LogP contribution in [0.25, 0.3) is 0 Å². The number of aromatic nitrogens is 4. The number of carbonyl (C=O) groups is 2. The zero-order valence-electron chi connectivity index (χ0n) is 48.2. The number of halogens is 2. The van der Waals surface area contributed by atoms with E-state index in [2.05, 4.69) is 4.98 Å². The van der Waals surface area contributed by atoms with Crippen molar-refractivity contribution in [3.05, 3.63) is 231 Å². The number of aromatic hydroxyl groups is 2. The fraction of sp³-hybridized carbons (Fsp3) is 0.290. The lowest BCUT2D eigenvalue weighted by Gasteiger charge is -2.12. The van der Waals surface area contributed by atoms with Crippen molar-refractivity contribution in [2.75, 3.05) is 49.1 Å². The van der Waals surface area contributed by atoms with Gasteiger partial charge in [0.25, 0.3) is 22.2 Å². The maximum atomic E-state index is 13.0. The van der Waals surface area contributed by atoms with Crippen LogP contribution >= 0.6 is 0 Å². The van der Waals surface area contributed by atoms with E-state index in [1.165, 1.54) is 112 Å². The van der Waals surface area contributed by atoms with Gasteiger partial charge in [0.1, 0.15) is 43.3 Å². The molecule has 3 N–H and O–H groups in total. The number of benzene rings is 2. The van der Waals surface area contributed by atoms with Gasteiger partial charge in [0.05, 0.1) is 11.1 Å². The number of pyridine rings is 4. The third kappa shape index (κ3) is 23.5. The van der Waals surface area contributed by atoms with Gasteiger partial charge in [0.15, 0.2) is 48.1 Å². The van der Waals surface area contributed by atoms with E-state index in [4.69, 9.17) is 66.3 Å². The number of methoxy groups -OCH3 is 5. The molecule has 0 unspecified atom stereocenters. The number of nitrogens with zero attached hydrogens (tertiary/aromatic N) is 3. The number of aromatic amines is 1. The number of carbonyl (C=O) groups excluding carboxylic acids is 6. The van der Waals surface area contributed by atoms with Crippen molar-refractivity contribution in [3.8, 4) is 23.0 Å². The summed E-state index contributed by atoms with van der Waals surface area (Å²) in [5, 5.41) is 19.1. The summed E-state index contributed by atoms with van der Waals surface area (Å²) >= 11 is 0. The summed E-state index contributed by atoms with van der Waals surface area (Å²) in [6.45, 7) is 3.91. The molecule has 25 nitrogen and oxygen atoms in total. The second-order valence-electron chi connectivity index (χ2n) is 17.3. The van der Waals surface area contributed by atoms with Crippen LogP contribution < -0.4 is 31.7 Å². The van der Waals surface area contributed by atoms with Crippen molar-refractivity contribution in [1.29, 1.82) is 0 Å². The highest BCUT2D eigenvalue weighted by Crippen LogP contribution is 2.23. The molecule has 2 aromatic carbocycles. The van der Waals surface area contributed by atoms with Crippen LogP contribution in [0.5, 0.6) is 23.0 Å². The lowest BCUT2D eigenvalue weighted by molar-refractivity contribution is -0.193. The zero-order valence-corrected chi connectivity index (χ0v) is 48.2. The lowest BCUT2D eigenvalue weighted by Crippen LogP contribution is -2.25. The summed E-state index contributed by atoms with van der Waals surface area (Å²) < 4.78 is 76.0. The number of rotatable bonds is 22. The van der Waals surface area contributed by atoms with E-state index in [0.29, 0.717) is 42.1 Å². The lowest BCUT2D eigenvalue weighted by atomic mass is 10.1. The molecule has 0 fully saturated rings. The predicted molar refractivity (Wildman–Crippen MR) is 313 cm³/mol. The number of hydrogen-bond acceptors (Lipinski definition) is 21. The Morgan fingerprint density at radius 3 is 1.31 bits per heavy atom. The molecule has 0 radical (unpaired) electrons. The number of ketones is 2. The average molecular weight is 1250 g/mol. The summed E-state index contributed by atoms with van der Waals surface area (Å²) in [5.74, 6) is -1.28. The van der Waals surface area contributed by atoms with E-state index in [1.54, 1.807) is 48.7 Å². The van der Waals surface area contributed by atoms with Gasteiger partial charge >= 0.3 is 12.3 Å². The molecule has 0 spiro atoms. The van der Waals surface area contributed by atoms with Crippen molar-refractivity contribution in [3.63, 3.8) is 0 Å². The first kappa shape index (κ1) is 76.8. The van der Waals surface area contributed by atoms with Crippen LogP contribution in [0.1, 0.15) is 94.7 Å². The Morgan fingerprint density at radius 2 is 0.899 bits per heavy atom. The molecule has 6 aromatic heterocycles. The fourth-order valence-electron chi connectivity index (χ4n) is 7.46. The molecule has 0 aliphatic rings. The van der Waals surface area contributed by atoms with Gasteiger partial charge in [-0.05, 0) is 96.8 Å². The molecule has 0 aliphatic carbocycles. The van der Waals surface area contributed by atoms with Crippen LogP contribution in [-0.2, 0) is 88.7 Å². The minimum Gasteiger partial charge on any atom is -0.503 e. The Balaban J connectivity index is 0.000000602. The number of furan rings is 2. The Bertz CT molecular complexity index is 3770. The van der Waals surface area contributed by atoms with E-state index in [0.717, 1.165) is 27.7 Å². The van der Waals surface area contributed by atoms with E-state index in [1.807, 2.05) is 19.9 Å². The highest BCUT2D eigenvalue weighted by Gasteiger charge is 2.23. The van der Waals surface area contributed by atoms with E-state index in [9.17, 15) is 42.7 Å². The van der Waals surface area contributed by atoms with Crippen molar-refractivity contribution in [1.82, 2.24) is 18.7 Å². The minimum absolute atomic E-state index is 0. The molecule has 89 heavy (non-hydrogen) atoms. The third-order valence-corrected chi connectivity index (χ3v) is 11.5. The van der Waals surface area contributed by atoms with Gasteiger partial charge in [-0.25, -0.2) is 8.78 Å². The van der Waals surface area contributed by atoms with Gasteiger partial charge < -0.3 is 57.2 Å². The van der Waals surface area contributed by atoms with Crippen LogP contribution in [0, 0.1) is 11.6 Å². The number of nitrogens with one attached hydrogen (secondary N) is 1. The highest BCUT2D eigenvalue weighted by molar-refractivity contribution is 6.09. The number of ether oxygens (including phenoxy) is 7. The predicted octanol–water partition coefficient (Wildman–Crippen LogP) is 7.45. The monoisotopic (exact) mass is 1240 g/mol. The summed E-state index contributed by atoms with van der Waals surface area (Å²) in [5.41, 5.74) is 1.27. The summed E-state index contributed by atoms with van der Waals surface area (Å²) in [6.07, 6.45) is 8.73. The second-order valence-corrected chi connectivity index (χ2v) is 17.3. The van der Waals surface area contributed by atoms with Crippen LogP contribution in [-0.4, -0.2) is 102 Å². The molecule has 0 saturated carbocycles.